The Morgan fingerprint density at radius 3 is 2.50 bits per heavy atom. The van der Waals surface area contributed by atoms with Crippen LogP contribution in [0.15, 0.2) is 42.5 Å². The maximum absolute atomic E-state index is 12.6. The van der Waals surface area contributed by atoms with Crippen LogP contribution in [0.25, 0.3) is 0 Å². The molecule has 0 saturated carbocycles. The summed E-state index contributed by atoms with van der Waals surface area (Å²) in [6.07, 6.45) is -4.17. The average Bonchev–Trinajstić information content (AvgIpc) is 2.41. The summed E-state index contributed by atoms with van der Waals surface area (Å²) in [5.41, 5.74) is 0.296. The summed E-state index contributed by atoms with van der Waals surface area (Å²) >= 11 is 0. The average molecular weight is 282 g/mol. The van der Waals surface area contributed by atoms with Gasteiger partial charge in [-0.2, -0.15) is 13.2 Å². The Morgan fingerprint density at radius 2 is 1.85 bits per heavy atom. The molecule has 0 fully saturated rings. The number of hydrogen-bond acceptors (Lipinski definition) is 2. The van der Waals surface area contributed by atoms with Crippen LogP contribution in [-0.4, -0.2) is 12.2 Å². The fourth-order valence-corrected chi connectivity index (χ4v) is 1.91. The van der Waals surface area contributed by atoms with Crippen LogP contribution < -0.4 is 4.74 Å². The molecular weight excluding hydrogens is 269 g/mol. The zero-order valence-corrected chi connectivity index (χ0v) is 10.7. The van der Waals surface area contributed by atoms with Gasteiger partial charge in [0, 0.05) is 12.0 Å². The Labute approximate surface area is 114 Å². The number of phenolic OH excluding ortho intramolecular Hbond substituents is 1. The van der Waals surface area contributed by atoms with E-state index in [0.717, 1.165) is 12.1 Å². The molecule has 0 radical (unpaired) electrons. The third kappa shape index (κ3) is 3.23. The largest absolute Gasteiger partial charge is 0.508 e. The number of phenols is 1. The Morgan fingerprint density at radius 1 is 1.10 bits per heavy atom. The van der Waals surface area contributed by atoms with Crippen molar-refractivity contribution in [1.29, 1.82) is 0 Å². The van der Waals surface area contributed by atoms with E-state index < -0.39 is 11.7 Å². The number of ether oxygens (including phenoxy) is 1. The first-order valence-electron chi connectivity index (χ1n) is 5.92. The van der Waals surface area contributed by atoms with Crippen molar-refractivity contribution in [2.75, 3.05) is 7.11 Å². The standard InChI is InChI=1S/C15H13F3O2/c1-20-13-5-6-14(19)11(9-13)7-10-3-2-4-12(8-10)15(16,17)18/h2-6,8-9,19H,7H2,1H3. The highest BCUT2D eigenvalue weighted by Gasteiger charge is 2.30. The summed E-state index contributed by atoms with van der Waals surface area (Å²) in [7, 11) is 1.49. The third-order valence-corrected chi connectivity index (χ3v) is 2.94. The minimum Gasteiger partial charge on any atom is -0.508 e. The predicted octanol–water partition coefficient (Wildman–Crippen LogP) is 4.01. The van der Waals surface area contributed by atoms with Crippen molar-refractivity contribution in [3.8, 4) is 11.5 Å². The number of halogens is 3. The van der Waals surface area contributed by atoms with E-state index in [0.29, 0.717) is 16.9 Å². The van der Waals surface area contributed by atoms with E-state index in [-0.39, 0.29) is 12.2 Å². The Kier molecular flexibility index (Phi) is 3.88. The van der Waals surface area contributed by atoms with E-state index in [4.69, 9.17) is 4.74 Å². The van der Waals surface area contributed by atoms with Gasteiger partial charge < -0.3 is 9.84 Å². The molecule has 0 amide bonds. The molecule has 0 aliphatic rings. The van der Waals surface area contributed by atoms with Crippen LogP contribution >= 0.6 is 0 Å². The van der Waals surface area contributed by atoms with Gasteiger partial charge in [0.25, 0.3) is 0 Å². The van der Waals surface area contributed by atoms with Crippen LogP contribution in [-0.2, 0) is 12.6 Å². The molecule has 2 aromatic carbocycles. The molecule has 2 aromatic rings. The first kappa shape index (κ1) is 14.2. The monoisotopic (exact) mass is 282 g/mol. The SMILES string of the molecule is COc1ccc(O)c(Cc2cccc(C(F)(F)F)c2)c1. The van der Waals surface area contributed by atoms with Crippen LogP contribution in [0.2, 0.25) is 0 Å². The van der Waals surface area contributed by atoms with Crippen molar-refractivity contribution in [2.24, 2.45) is 0 Å². The van der Waals surface area contributed by atoms with Crippen molar-refractivity contribution >= 4 is 0 Å². The van der Waals surface area contributed by atoms with Gasteiger partial charge in [0.15, 0.2) is 0 Å². The van der Waals surface area contributed by atoms with Gasteiger partial charge in [-0.25, -0.2) is 0 Å². The minimum absolute atomic E-state index is 0.0308. The summed E-state index contributed by atoms with van der Waals surface area (Å²) < 4.78 is 42.9. The lowest BCUT2D eigenvalue weighted by Gasteiger charge is -2.10. The topological polar surface area (TPSA) is 29.5 Å². The van der Waals surface area contributed by atoms with Crippen molar-refractivity contribution in [3.05, 3.63) is 59.2 Å². The highest BCUT2D eigenvalue weighted by Crippen LogP contribution is 2.31. The molecule has 0 aliphatic heterocycles. The van der Waals surface area contributed by atoms with Gasteiger partial charge in [-0.15, -0.1) is 0 Å². The Hall–Kier alpha value is -2.17. The molecule has 20 heavy (non-hydrogen) atoms. The van der Waals surface area contributed by atoms with Crippen molar-refractivity contribution in [1.82, 2.24) is 0 Å². The predicted molar refractivity (Wildman–Crippen MR) is 68.9 cm³/mol. The Balaban J connectivity index is 2.30. The van der Waals surface area contributed by atoms with Gasteiger partial charge >= 0.3 is 6.18 Å². The molecule has 1 N–H and O–H groups in total. The first-order chi connectivity index (χ1) is 9.40. The number of rotatable bonds is 3. The molecule has 0 unspecified atom stereocenters. The van der Waals surface area contributed by atoms with Crippen molar-refractivity contribution in [2.45, 2.75) is 12.6 Å². The number of aromatic hydroxyl groups is 1. The number of methoxy groups -OCH3 is 1. The fraction of sp³-hybridized carbons (Fsp3) is 0.200. The summed E-state index contributed by atoms with van der Waals surface area (Å²) in [6, 6.07) is 9.71. The summed E-state index contributed by atoms with van der Waals surface area (Å²) in [6.45, 7) is 0. The highest BCUT2D eigenvalue weighted by atomic mass is 19.4. The van der Waals surface area contributed by atoms with E-state index in [9.17, 15) is 18.3 Å². The van der Waals surface area contributed by atoms with Gasteiger partial charge in [0.05, 0.1) is 12.7 Å². The maximum Gasteiger partial charge on any atom is 0.416 e. The minimum atomic E-state index is -4.37. The summed E-state index contributed by atoms with van der Waals surface area (Å²) in [5, 5.41) is 9.74. The second-order valence-electron chi connectivity index (χ2n) is 4.37. The molecule has 2 nitrogen and oxygen atoms in total. The number of benzene rings is 2. The molecule has 0 heterocycles. The fourth-order valence-electron chi connectivity index (χ4n) is 1.91. The molecule has 0 aliphatic carbocycles. The van der Waals surface area contributed by atoms with E-state index >= 15 is 0 Å². The Bertz CT molecular complexity index is 606. The second kappa shape index (κ2) is 5.45. The van der Waals surface area contributed by atoms with Crippen LogP contribution in [0.1, 0.15) is 16.7 Å². The van der Waals surface area contributed by atoms with Crippen molar-refractivity contribution in [3.63, 3.8) is 0 Å². The highest BCUT2D eigenvalue weighted by molar-refractivity contribution is 5.42. The van der Waals surface area contributed by atoms with Crippen LogP contribution in [0.5, 0.6) is 11.5 Å². The zero-order valence-electron chi connectivity index (χ0n) is 10.7. The second-order valence-corrected chi connectivity index (χ2v) is 4.37. The van der Waals surface area contributed by atoms with E-state index in [1.165, 1.54) is 19.2 Å². The van der Waals surface area contributed by atoms with Crippen molar-refractivity contribution < 1.29 is 23.0 Å². The molecule has 0 saturated heterocycles. The number of alkyl halides is 3. The first-order valence-corrected chi connectivity index (χ1v) is 5.92. The lowest BCUT2D eigenvalue weighted by molar-refractivity contribution is -0.137. The lowest BCUT2D eigenvalue weighted by atomic mass is 10.0. The molecular formula is C15H13F3O2. The van der Waals surface area contributed by atoms with Gasteiger partial charge in [-0.3, -0.25) is 0 Å². The summed E-state index contributed by atoms with van der Waals surface area (Å²) in [4.78, 5) is 0. The molecule has 0 atom stereocenters. The van der Waals surface area contributed by atoms with E-state index in [2.05, 4.69) is 0 Å². The number of hydrogen-bond donors (Lipinski definition) is 1. The smallest absolute Gasteiger partial charge is 0.416 e. The third-order valence-electron chi connectivity index (χ3n) is 2.94. The molecule has 2 rings (SSSR count). The van der Waals surface area contributed by atoms with Gasteiger partial charge in [0.2, 0.25) is 0 Å². The normalized spacial score (nSPS) is 11.4. The molecule has 5 heteroatoms. The molecule has 106 valence electrons. The van der Waals surface area contributed by atoms with Crippen LogP contribution in [0.3, 0.4) is 0 Å². The van der Waals surface area contributed by atoms with Gasteiger partial charge in [-0.1, -0.05) is 18.2 Å². The van der Waals surface area contributed by atoms with Crippen LogP contribution in [0, 0.1) is 0 Å². The summed E-state index contributed by atoms with van der Waals surface area (Å²) in [5.74, 6) is 0.577. The van der Waals surface area contributed by atoms with Crippen LogP contribution in [0.4, 0.5) is 13.2 Å². The maximum atomic E-state index is 12.6. The van der Waals surface area contributed by atoms with E-state index in [1.54, 1.807) is 18.2 Å². The molecule has 0 bridgehead atoms. The van der Waals surface area contributed by atoms with Gasteiger partial charge in [0.1, 0.15) is 11.5 Å². The molecule has 0 aromatic heterocycles. The van der Waals surface area contributed by atoms with E-state index in [1.807, 2.05) is 0 Å². The van der Waals surface area contributed by atoms with Gasteiger partial charge in [-0.05, 0) is 29.8 Å². The lowest BCUT2D eigenvalue weighted by Crippen LogP contribution is -2.05. The molecule has 0 spiro atoms. The quantitative estimate of drug-likeness (QED) is 0.921. The zero-order chi connectivity index (χ0) is 14.8.